The number of imidazole rings is 1. The molecule has 0 radical (unpaired) electrons. The maximum atomic E-state index is 13.3. The van der Waals surface area contributed by atoms with Crippen molar-refractivity contribution < 1.29 is 4.79 Å². The van der Waals surface area contributed by atoms with Gasteiger partial charge in [-0.2, -0.15) is 11.8 Å². The van der Waals surface area contributed by atoms with E-state index in [-0.39, 0.29) is 11.9 Å². The fraction of sp³-hybridized carbons (Fsp3) is 0.348. The average molecular weight is 450 g/mol. The lowest BCUT2D eigenvalue weighted by Gasteiger charge is -2.29. The number of anilines is 2. The highest BCUT2D eigenvalue weighted by atomic mass is 32.2. The van der Waals surface area contributed by atoms with E-state index in [1.54, 1.807) is 0 Å². The Morgan fingerprint density at radius 1 is 1.19 bits per heavy atom. The molecular weight excluding hydrogens is 422 g/mol. The van der Waals surface area contributed by atoms with Crippen molar-refractivity contribution in [1.82, 2.24) is 9.55 Å². The number of aliphatic imine (C=N–C) groups is 1. The molecule has 1 aromatic heterocycles. The van der Waals surface area contributed by atoms with Crippen molar-refractivity contribution in [3.8, 4) is 11.4 Å². The van der Waals surface area contributed by atoms with Gasteiger partial charge in [-0.05, 0) is 43.2 Å². The maximum absolute atomic E-state index is 13.3. The van der Waals surface area contributed by atoms with E-state index in [4.69, 9.17) is 16.5 Å². The van der Waals surface area contributed by atoms with Gasteiger partial charge in [-0.3, -0.25) is 9.79 Å². The second kappa shape index (κ2) is 8.74. The fourth-order valence-corrected chi connectivity index (χ4v) is 5.38. The van der Waals surface area contributed by atoms with Gasteiger partial charge in [0.2, 0.25) is 5.91 Å². The predicted octanol–water partition coefficient (Wildman–Crippen LogP) is 2.80. The third-order valence-corrected chi connectivity index (χ3v) is 6.96. The Balaban J connectivity index is 1.59. The van der Waals surface area contributed by atoms with E-state index in [2.05, 4.69) is 31.9 Å². The molecule has 1 saturated heterocycles. The number of nitrogens with zero attached hydrogens (tertiary/aromatic N) is 4. The van der Waals surface area contributed by atoms with E-state index in [0.29, 0.717) is 19.4 Å². The van der Waals surface area contributed by atoms with Crippen LogP contribution in [0, 0.1) is 0 Å². The number of guanidine groups is 1. The third-order valence-electron chi connectivity index (χ3n) is 6.02. The lowest BCUT2D eigenvalue weighted by Crippen LogP contribution is -2.32. The first kappa shape index (κ1) is 20.7. The van der Waals surface area contributed by atoms with Gasteiger partial charge in [0.1, 0.15) is 11.9 Å². The van der Waals surface area contributed by atoms with E-state index < -0.39 is 6.04 Å². The minimum absolute atomic E-state index is 0.0417. The molecule has 1 atom stereocenters. The van der Waals surface area contributed by atoms with Crippen LogP contribution in [0.3, 0.4) is 0 Å². The summed E-state index contributed by atoms with van der Waals surface area (Å²) < 4.78 is 2.09. The van der Waals surface area contributed by atoms with E-state index in [1.165, 1.54) is 5.69 Å². The summed E-state index contributed by atoms with van der Waals surface area (Å²) in [6.07, 6.45) is 1.30. The number of nitrogens with two attached hydrogens (primary N) is 2. The van der Waals surface area contributed by atoms with Crippen LogP contribution < -0.4 is 21.7 Å². The van der Waals surface area contributed by atoms with Crippen molar-refractivity contribution in [1.29, 1.82) is 0 Å². The molecule has 1 fully saturated rings. The van der Waals surface area contributed by atoms with Gasteiger partial charge in [-0.15, -0.1) is 0 Å². The van der Waals surface area contributed by atoms with Crippen LogP contribution in [0.2, 0.25) is 0 Å². The van der Waals surface area contributed by atoms with E-state index in [0.717, 1.165) is 52.7 Å². The molecule has 166 valence electrons. The standard InChI is InChI=1S/C23H27N7OS/c24-23(25)26-9-3-6-20-22(31)28-17-8-7-15(29-10-12-32-13-11-29)14-16(17)21-27-18-4-1-2-5-19(18)30(20)21/h1-2,4-5,7-8,14,20H,3,6,9-13H2,(H,28,31)(H4,24,25,26)/t20-/m0/s1. The molecule has 8 nitrogen and oxygen atoms in total. The fourth-order valence-electron chi connectivity index (χ4n) is 4.48. The summed E-state index contributed by atoms with van der Waals surface area (Å²) in [4.78, 5) is 24.8. The lowest BCUT2D eigenvalue weighted by molar-refractivity contribution is -0.119. The molecule has 32 heavy (non-hydrogen) atoms. The quantitative estimate of drug-likeness (QED) is 0.313. The second-order valence-electron chi connectivity index (χ2n) is 8.08. The number of rotatable bonds is 5. The van der Waals surface area contributed by atoms with Crippen LogP contribution in [-0.2, 0) is 4.79 Å². The maximum Gasteiger partial charge on any atom is 0.247 e. The Morgan fingerprint density at radius 3 is 2.81 bits per heavy atom. The van der Waals surface area contributed by atoms with Crippen LogP contribution in [0.1, 0.15) is 18.9 Å². The zero-order valence-electron chi connectivity index (χ0n) is 17.8. The first-order valence-corrected chi connectivity index (χ1v) is 12.1. The van der Waals surface area contributed by atoms with Gasteiger partial charge in [0.05, 0.1) is 16.7 Å². The Bertz CT molecular complexity index is 1180. The smallest absolute Gasteiger partial charge is 0.247 e. The number of hydrogen-bond donors (Lipinski definition) is 3. The van der Waals surface area contributed by atoms with Gasteiger partial charge in [0, 0.05) is 42.4 Å². The van der Waals surface area contributed by atoms with Gasteiger partial charge in [0.15, 0.2) is 5.96 Å². The number of amides is 1. The summed E-state index contributed by atoms with van der Waals surface area (Å²) in [5, 5.41) is 3.14. The molecule has 3 heterocycles. The molecule has 2 aliphatic heterocycles. The van der Waals surface area contributed by atoms with E-state index in [9.17, 15) is 4.79 Å². The molecule has 2 aliphatic rings. The summed E-state index contributed by atoms with van der Waals surface area (Å²) in [6, 6.07) is 13.9. The largest absolute Gasteiger partial charge is 0.370 e. The zero-order valence-corrected chi connectivity index (χ0v) is 18.6. The molecule has 9 heteroatoms. The topological polar surface area (TPSA) is 115 Å². The first-order valence-electron chi connectivity index (χ1n) is 10.9. The number of thioether (sulfide) groups is 1. The van der Waals surface area contributed by atoms with Crippen molar-refractivity contribution in [3.63, 3.8) is 0 Å². The van der Waals surface area contributed by atoms with Crippen LogP contribution in [0.5, 0.6) is 0 Å². The number of para-hydroxylation sites is 2. The van der Waals surface area contributed by atoms with E-state index in [1.807, 2.05) is 42.1 Å². The number of carbonyl (C=O) groups is 1. The molecule has 5 N–H and O–H groups in total. The number of hydrogen-bond acceptors (Lipinski definition) is 5. The molecule has 0 unspecified atom stereocenters. The van der Waals surface area contributed by atoms with Crippen molar-refractivity contribution in [3.05, 3.63) is 42.5 Å². The summed E-state index contributed by atoms with van der Waals surface area (Å²) in [6.45, 7) is 2.54. The number of benzene rings is 2. The Labute approximate surface area is 191 Å². The van der Waals surface area contributed by atoms with Crippen molar-refractivity contribution in [2.75, 3.05) is 41.4 Å². The van der Waals surface area contributed by atoms with Gasteiger partial charge in [-0.1, -0.05) is 12.1 Å². The van der Waals surface area contributed by atoms with Crippen LogP contribution in [0.25, 0.3) is 22.4 Å². The molecule has 0 aliphatic carbocycles. The van der Waals surface area contributed by atoms with Crippen molar-refractivity contribution in [2.45, 2.75) is 18.9 Å². The molecule has 0 saturated carbocycles. The highest BCUT2D eigenvalue weighted by Gasteiger charge is 2.31. The second-order valence-corrected chi connectivity index (χ2v) is 9.30. The van der Waals surface area contributed by atoms with Gasteiger partial charge in [0.25, 0.3) is 0 Å². The number of fused-ring (bicyclic) bond motifs is 5. The van der Waals surface area contributed by atoms with Crippen molar-refractivity contribution in [2.24, 2.45) is 16.5 Å². The SMILES string of the molecule is NC(N)=NCCC[C@H]1C(=O)Nc2ccc(N3CCSCC3)cc2-c2nc3ccccc3n21. The molecule has 3 aromatic rings. The Morgan fingerprint density at radius 2 is 2.00 bits per heavy atom. The lowest BCUT2D eigenvalue weighted by atomic mass is 10.1. The molecular formula is C23H27N7OS. The van der Waals surface area contributed by atoms with Gasteiger partial charge < -0.3 is 26.3 Å². The van der Waals surface area contributed by atoms with Crippen molar-refractivity contribution >= 4 is 46.0 Å². The van der Waals surface area contributed by atoms with Crippen LogP contribution >= 0.6 is 11.8 Å². The minimum atomic E-state index is -0.395. The molecule has 2 aromatic carbocycles. The normalized spacial score (nSPS) is 17.9. The van der Waals surface area contributed by atoms with Crippen LogP contribution in [-0.4, -0.2) is 52.6 Å². The minimum Gasteiger partial charge on any atom is -0.370 e. The highest BCUT2D eigenvalue weighted by molar-refractivity contribution is 7.99. The number of carbonyl (C=O) groups excluding carboxylic acids is 1. The summed E-state index contributed by atoms with van der Waals surface area (Å²) in [5.74, 6) is 3.11. The van der Waals surface area contributed by atoms with Crippen LogP contribution in [0.15, 0.2) is 47.5 Å². The molecule has 0 spiro atoms. The monoisotopic (exact) mass is 449 g/mol. The molecule has 0 bridgehead atoms. The average Bonchev–Trinajstić information content (AvgIpc) is 3.14. The molecule has 5 rings (SSSR count). The van der Waals surface area contributed by atoms with Gasteiger partial charge in [-0.25, -0.2) is 4.98 Å². The molecule has 1 amide bonds. The van der Waals surface area contributed by atoms with Crippen LogP contribution in [0.4, 0.5) is 11.4 Å². The first-order chi connectivity index (χ1) is 15.6. The number of nitrogens with one attached hydrogen (secondary N) is 1. The summed E-state index contributed by atoms with van der Waals surface area (Å²) in [5.41, 5.74) is 15.7. The van der Waals surface area contributed by atoms with E-state index >= 15 is 0 Å². The highest BCUT2D eigenvalue weighted by Crippen LogP contribution is 2.39. The summed E-state index contributed by atoms with van der Waals surface area (Å²) >= 11 is 1.99. The Kier molecular flexibility index (Phi) is 5.65. The predicted molar refractivity (Wildman–Crippen MR) is 132 cm³/mol. The number of aromatic nitrogens is 2. The Hall–Kier alpha value is -3.20. The third kappa shape index (κ3) is 3.88. The zero-order chi connectivity index (χ0) is 22.1. The summed E-state index contributed by atoms with van der Waals surface area (Å²) in [7, 11) is 0. The van der Waals surface area contributed by atoms with Gasteiger partial charge >= 0.3 is 0 Å².